The van der Waals surface area contributed by atoms with Gasteiger partial charge in [-0.05, 0) is 30.2 Å². The molecule has 0 unspecified atom stereocenters. The first-order chi connectivity index (χ1) is 26.0. The number of ether oxygens (including phenoxy) is 1. The van der Waals surface area contributed by atoms with Crippen LogP contribution in [-0.2, 0) is 26.0 Å². The Bertz CT molecular complexity index is 2430. The topological polar surface area (TPSA) is 226 Å². The van der Waals surface area contributed by atoms with E-state index < -0.39 is 15.7 Å². The molecule has 5 heterocycles. The van der Waals surface area contributed by atoms with Crippen molar-refractivity contribution in [2.45, 2.75) is 18.5 Å². The highest BCUT2D eigenvalue weighted by Crippen LogP contribution is 2.35. The average Bonchev–Trinajstić information content (AvgIpc) is 3.89. The van der Waals surface area contributed by atoms with E-state index in [-0.39, 0.29) is 51.4 Å². The number of rotatable bonds is 11. The number of aromatic nitrogens is 6. The lowest BCUT2D eigenvalue weighted by Crippen LogP contribution is -2.37. The van der Waals surface area contributed by atoms with Crippen LogP contribution in [0.1, 0.15) is 37.7 Å². The van der Waals surface area contributed by atoms with Crippen molar-refractivity contribution in [2.24, 2.45) is 4.99 Å². The second-order valence-electron chi connectivity index (χ2n) is 12.5. The monoisotopic (exact) mass is 810 g/mol. The van der Waals surface area contributed by atoms with Gasteiger partial charge in [-0.15, -0.1) is 0 Å². The van der Waals surface area contributed by atoms with Gasteiger partial charge in [-0.3, -0.25) is 24.2 Å². The van der Waals surface area contributed by atoms with E-state index in [4.69, 9.17) is 4.74 Å². The maximum Gasteiger partial charge on any atom is 0.283 e. The molecule has 0 bridgehead atoms. The van der Waals surface area contributed by atoms with Gasteiger partial charge in [0.15, 0.2) is 30.7 Å². The SMILES string of the molecule is CCOc1cc2c(cc1Nc1ncnc3sc(C(=O)N(C)CC(=O)N(C)C)nc13)C=NC2.CN(C)C(=O)CN(C)C(=O)c1nc2c(S(C)(=O)=O)ncnc2s1. The molecular weight excluding hydrogens is 773 g/mol. The van der Waals surface area contributed by atoms with E-state index in [1.54, 1.807) is 35.2 Å². The van der Waals surface area contributed by atoms with Gasteiger partial charge < -0.3 is 29.7 Å². The van der Waals surface area contributed by atoms with Crippen LogP contribution in [0.15, 0.2) is 34.8 Å². The van der Waals surface area contributed by atoms with Crippen LogP contribution < -0.4 is 10.1 Å². The molecule has 0 spiro atoms. The lowest BCUT2D eigenvalue weighted by atomic mass is 10.1. The van der Waals surface area contributed by atoms with Gasteiger partial charge in [0.05, 0.1) is 31.9 Å². The first-order valence-corrected chi connectivity index (χ1v) is 19.9. The smallest absolute Gasteiger partial charge is 0.283 e. The van der Waals surface area contributed by atoms with Crippen LogP contribution in [0, 0.1) is 0 Å². The lowest BCUT2D eigenvalue weighted by Gasteiger charge is -2.17. The van der Waals surface area contributed by atoms with Gasteiger partial charge in [-0.1, -0.05) is 22.7 Å². The zero-order chi connectivity index (χ0) is 40.2. The molecule has 22 heteroatoms. The van der Waals surface area contributed by atoms with E-state index in [9.17, 15) is 27.6 Å². The summed E-state index contributed by atoms with van der Waals surface area (Å²) >= 11 is 2.11. The summed E-state index contributed by atoms with van der Waals surface area (Å²) in [5.74, 6) is -0.0861. The van der Waals surface area contributed by atoms with E-state index in [1.165, 1.54) is 33.0 Å². The molecule has 1 aliphatic rings. The van der Waals surface area contributed by atoms with Crippen LogP contribution in [0.25, 0.3) is 20.7 Å². The molecule has 1 aliphatic heterocycles. The molecule has 0 radical (unpaired) electrons. The highest BCUT2D eigenvalue weighted by atomic mass is 32.2. The second-order valence-corrected chi connectivity index (χ2v) is 16.4. The molecule has 0 fully saturated rings. The third-order valence-corrected chi connectivity index (χ3v) is 10.7. The summed E-state index contributed by atoms with van der Waals surface area (Å²) in [7, 11) is 5.93. The molecule has 1 aromatic carbocycles. The van der Waals surface area contributed by atoms with Crippen LogP contribution >= 0.6 is 22.7 Å². The van der Waals surface area contributed by atoms with Gasteiger partial charge in [0, 0.05) is 54.8 Å². The number of anilines is 2. The molecule has 55 heavy (non-hydrogen) atoms. The third-order valence-electron chi connectivity index (χ3n) is 7.80. The number of carbonyl (C=O) groups is 4. The maximum absolute atomic E-state index is 12.8. The summed E-state index contributed by atoms with van der Waals surface area (Å²) in [5.41, 5.74) is 3.39. The number of amides is 4. The normalized spacial score (nSPS) is 11.8. The molecule has 6 rings (SSSR count). The molecular formula is C33H38N12O7S3. The van der Waals surface area contributed by atoms with Crippen molar-refractivity contribution in [1.29, 1.82) is 0 Å². The largest absolute Gasteiger partial charge is 0.492 e. The standard InChI is InChI=1S/C21H23N7O3S.C12H15N5O4S2/c1-5-31-15-7-13-9-22-8-12(13)6-14(15)25-18-17-19(24-11-23-18)32-20(26-17)21(30)28(4)10-16(29)27(2)3;1-16(2)7(18)5-17(3)12(19)10-15-8-9(22-10)13-6-14-11(8)23(4,20)21/h6-8,11H,5,9-10H2,1-4H3,(H,23,24,25);6H,5H2,1-4H3. The molecule has 0 atom stereocenters. The van der Waals surface area contributed by atoms with Gasteiger partial charge in [0.25, 0.3) is 11.8 Å². The fraction of sp³-hybridized carbons (Fsp3) is 0.364. The number of carbonyl (C=O) groups excluding carboxylic acids is 4. The highest BCUT2D eigenvalue weighted by molar-refractivity contribution is 7.90. The average molecular weight is 811 g/mol. The number of thiazole rings is 2. The van der Waals surface area contributed by atoms with Gasteiger partial charge in [-0.25, -0.2) is 38.3 Å². The van der Waals surface area contributed by atoms with Crippen molar-refractivity contribution in [3.63, 3.8) is 0 Å². The van der Waals surface area contributed by atoms with E-state index in [2.05, 4.69) is 40.2 Å². The molecule has 0 saturated heterocycles. The Hall–Kier alpha value is -5.74. The van der Waals surface area contributed by atoms with Gasteiger partial charge in [0.1, 0.15) is 39.1 Å². The Morgan fingerprint density at radius 1 is 0.800 bits per heavy atom. The predicted octanol–water partition coefficient (Wildman–Crippen LogP) is 1.97. The number of hydrogen-bond acceptors (Lipinski definition) is 17. The molecule has 1 N–H and O–H groups in total. The van der Waals surface area contributed by atoms with Gasteiger partial charge in [-0.2, -0.15) is 0 Å². The second kappa shape index (κ2) is 16.7. The van der Waals surface area contributed by atoms with Crippen molar-refractivity contribution < 1.29 is 32.3 Å². The number of sulfone groups is 1. The summed E-state index contributed by atoms with van der Waals surface area (Å²) in [5, 5.41) is 3.36. The van der Waals surface area contributed by atoms with Crippen molar-refractivity contribution in [3.05, 3.63) is 45.9 Å². The zero-order valence-corrected chi connectivity index (χ0v) is 33.7. The Balaban J connectivity index is 0.000000223. The van der Waals surface area contributed by atoms with E-state index >= 15 is 0 Å². The highest BCUT2D eigenvalue weighted by Gasteiger charge is 2.25. The first-order valence-electron chi connectivity index (χ1n) is 16.4. The Labute approximate surface area is 324 Å². The van der Waals surface area contributed by atoms with Crippen LogP contribution in [0.5, 0.6) is 5.75 Å². The number of benzene rings is 1. The molecule has 0 saturated carbocycles. The van der Waals surface area contributed by atoms with E-state index in [0.717, 1.165) is 52.1 Å². The zero-order valence-electron chi connectivity index (χ0n) is 31.2. The van der Waals surface area contributed by atoms with Crippen molar-refractivity contribution >= 4 is 94.6 Å². The minimum Gasteiger partial charge on any atom is -0.492 e. The minimum absolute atomic E-state index is 0.0348. The molecule has 4 amide bonds. The first kappa shape index (κ1) is 40.4. The van der Waals surface area contributed by atoms with Crippen LogP contribution in [0.3, 0.4) is 0 Å². The summed E-state index contributed by atoms with van der Waals surface area (Å²) in [4.78, 5) is 84.1. The van der Waals surface area contributed by atoms with Crippen molar-refractivity contribution in [2.75, 3.05) is 73.6 Å². The number of nitrogens with one attached hydrogen (secondary N) is 1. The number of nitrogens with zero attached hydrogens (tertiary/aromatic N) is 11. The van der Waals surface area contributed by atoms with Crippen LogP contribution in [0.2, 0.25) is 0 Å². The minimum atomic E-state index is -3.58. The molecule has 19 nitrogen and oxygen atoms in total. The lowest BCUT2D eigenvalue weighted by molar-refractivity contribution is -0.129. The number of likely N-dealkylation sites (N-methyl/N-ethyl adjacent to an activating group) is 4. The fourth-order valence-electron chi connectivity index (χ4n) is 4.83. The Kier molecular flexibility index (Phi) is 12.3. The van der Waals surface area contributed by atoms with Crippen LogP contribution in [-0.4, -0.2) is 156 Å². The molecule has 4 aromatic heterocycles. The molecule has 0 aliphatic carbocycles. The summed E-state index contributed by atoms with van der Waals surface area (Å²) in [6.45, 7) is 2.93. The van der Waals surface area contributed by atoms with E-state index in [1.807, 2.05) is 25.3 Å². The summed E-state index contributed by atoms with van der Waals surface area (Å²) in [6, 6.07) is 3.93. The van der Waals surface area contributed by atoms with E-state index in [0.29, 0.717) is 39.9 Å². The molecule has 5 aromatic rings. The van der Waals surface area contributed by atoms with Gasteiger partial charge >= 0.3 is 0 Å². The van der Waals surface area contributed by atoms with Gasteiger partial charge in [0.2, 0.25) is 11.8 Å². The summed E-state index contributed by atoms with van der Waals surface area (Å²) < 4.78 is 29.2. The van der Waals surface area contributed by atoms with Crippen LogP contribution in [0.4, 0.5) is 11.5 Å². The quantitative estimate of drug-likeness (QED) is 0.188. The number of hydrogen-bond donors (Lipinski definition) is 1. The third kappa shape index (κ3) is 9.32. The molecule has 290 valence electrons. The maximum atomic E-state index is 12.8. The number of fused-ring (bicyclic) bond motifs is 3. The number of aliphatic imine (C=N–C) groups is 1. The van der Waals surface area contributed by atoms with Crippen molar-refractivity contribution in [3.8, 4) is 5.75 Å². The Morgan fingerprint density at radius 2 is 1.35 bits per heavy atom. The predicted molar refractivity (Wildman–Crippen MR) is 207 cm³/mol. The van der Waals surface area contributed by atoms with Crippen molar-refractivity contribution in [1.82, 2.24) is 49.5 Å². The Morgan fingerprint density at radius 3 is 1.89 bits per heavy atom. The fourth-order valence-corrected chi connectivity index (χ4v) is 7.43. The summed E-state index contributed by atoms with van der Waals surface area (Å²) in [6.07, 6.45) is 5.38.